The Hall–Kier alpha value is -1.54. The number of hydrogen-bond donors (Lipinski definition) is 5. The topological polar surface area (TPSA) is 181 Å². The van der Waals surface area contributed by atoms with E-state index in [1.807, 2.05) is 0 Å². The average molecular weight is 309 g/mol. The van der Waals surface area contributed by atoms with Crippen LogP contribution in [0.1, 0.15) is 25.7 Å². The lowest BCUT2D eigenvalue weighted by Gasteiger charge is -2.13. The average Bonchev–Trinajstić information content (AvgIpc) is 2.31. The maximum atomic E-state index is 11.2. The van der Waals surface area contributed by atoms with Crippen LogP contribution in [0.5, 0.6) is 0 Å². The van der Waals surface area contributed by atoms with Crippen LogP contribution in [0.4, 0.5) is 0 Å². The normalized spacial score (nSPS) is 15.2. The molecule has 0 bridgehead atoms. The summed E-state index contributed by atoms with van der Waals surface area (Å²) in [6.45, 7) is 0. The van der Waals surface area contributed by atoms with Gasteiger partial charge in [-0.25, -0.2) is 0 Å². The van der Waals surface area contributed by atoms with Gasteiger partial charge in [-0.2, -0.15) is 4.89 Å². The van der Waals surface area contributed by atoms with Gasteiger partial charge in [-0.15, -0.1) is 0 Å². The molecule has 3 atom stereocenters. The Morgan fingerprint density at radius 2 is 1.60 bits per heavy atom. The zero-order valence-corrected chi connectivity index (χ0v) is 11.3. The molecule has 0 rings (SSSR count). The van der Waals surface area contributed by atoms with Gasteiger partial charge in [0.2, 0.25) is 8.00 Å². The molecular formula is C10H16NO8P. The summed E-state index contributed by atoms with van der Waals surface area (Å²) in [6.07, 6.45) is -1.29. The van der Waals surface area contributed by atoms with Gasteiger partial charge in [-0.3, -0.25) is 14.4 Å². The van der Waals surface area contributed by atoms with Crippen LogP contribution < -0.4 is 10.6 Å². The van der Waals surface area contributed by atoms with Gasteiger partial charge in [0.05, 0.1) is 0 Å². The summed E-state index contributed by atoms with van der Waals surface area (Å²) < 4.78 is 0. The van der Waals surface area contributed by atoms with E-state index in [1.165, 1.54) is 0 Å². The van der Waals surface area contributed by atoms with E-state index in [0.29, 0.717) is 0 Å². The molecule has 0 fully saturated rings. The second kappa shape index (κ2) is 8.60. The molecule has 0 aromatic heterocycles. The molecule has 0 aliphatic heterocycles. The van der Waals surface area contributed by atoms with Gasteiger partial charge in [0.15, 0.2) is 0 Å². The molecule has 0 aromatic carbocycles. The van der Waals surface area contributed by atoms with Crippen molar-refractivity contribution in [2.24, 2.45) is 11.7 Å². The third kappa shape index (κ3) is 6.58. The molecule has 6 N–H and O–H groups in total. The van der Waals surface area contributed by atoms with Crippen LogP contribution in [-0.4, -0.2) is 49.5 Å². The quantitative estimate of drug-likeness (QED) is 0.319. The number of nitrogens with two attached hydrogens (primary N) is 1. The molecule has 0 aromatic rings. The molecule has 3 unspecified atom stereocenters. The van der Waals surface area contributed by atoms with E-state index < -0.39 is 44.3 Å². The number of aliphatic carboxylic acids is 3. The van der Waals surface area contributed by atoms with Crippen molar-refractivity contribution in [3.63, 3.8) is 0 Å². The lowest BCUT2D eigenvalue weighted by Crippen LogP contribution is -2.32. The largest absolute Gasteiger partial charge is 0.603 e. The highest BCUT2D eigenvalue weighted by molar-refractivity contribution is 7.45. The van der Waals surface area contributed by atoms with Crippen LogP contribution in [0.3, 0.4) is 0 Å². The molecule has 0 aliphatic carbocycles. The van der Waals surface area contributed by atoms with Gasteiger partial charge in [0, 0.05) is 12.8 Å². The van der Waals surface area contributed by atoms with E-state index >= 15 is 0 Å². The van der Waals surface area contributed by atoms with Crippen LogP contribution in [0, 0.1) is 5.92 Å². The van der Waals surface area contributed by atoms with Gasteiger partial charge >= 0.3 is 17.9 Å². The Labute approximate surface area is 115 Å². The molecular weight excluding hydrogens is 293 g/mol. The Morgan fingerprint density at radius 1 is 1.05 bits per heavy atom. The van der Waals surface area contributed by atoms with Crippen LogP contribution in [0.2, 0.25) is 0 Å². The monoisotopic (exact) mass is 309 g/mol. The summed E-state index contributed by atoms with van der Waals surface area (Å²) in [6, 6.07) is -1.28. The molecule has 10 heteroatoms. The van der Waals surface area contributed by atoms with Crippen molar-refractivity contribution >= 4 is 31.2 Å². The standard InChI is InChI=1S/C10H16NO8P/c11-6(10(16)17)2-3-7(20(18)19)5(9(14)15)1-4-8(12)13/h5-6H,1-4,11H2,(H,12,13)(H,14,15)(H,16,17)(H,18,19). The van der Waals surface area contributed by atoms with Crippen LogP contribution in [0.15, 0.2) is 0 Å². The van der Waals surface area contributed by atoms with Gasteiger partial charge < -0.3 is 25.9 Å². The summed E-state index contributed by atoms with van der Waals surface area (Å²) in [7, 11) is -2.97. The van der Waals surface area contributed by atoms with Crippen molar-refractivity contribution < 1.29 is 39.5 Å². The van der Waals surface area contributed by atoms with E-state index in [9.17, 15) is 19.3 Å². The highest BCUT2D eigenvalue weighted by Gasteiger charge is 2.30. The zero-order chi connectivity index (χ0) is 15.9. The van der Waals surface area contributed by atoms with Crippen molar-refractivity contribution in [3.05, 3.63) is 0 Å². The van der Waals surface area contributed by atoms with E-state index in [2.05, 4.69) is 0 Å². The summed E-state index contributed by atoms with van der Waals surface area (Å²) in [5, 5.41) is 25.8. The molecule has 0 saturated carbocycles. The third-order valence-electron chi connectivity index (χ3n) is 2.62. The molecule has 0 saturated heterocycles. The zero-order valence-electron chi connectivity index (χ0n) is 10.4. The Bertz CT molecular complexity index is 417. The first-order valence-corrected chi connectivity index (χ1v) is 6.82. The molecule has 0 amide bonds. The van der Waals surface area contributed by atoms with E-state index in [1.54, 1.807) is 0 Å². The molecule has 0 heterocycles. The van der Waals surface area contributed by atoms with Crippen molar-refractivity contribution in [1.29, 1.82) is 0 Å². The van der Waals surface area contributed by atoms with Crippen molar-refractivity contribution in [2.45, 2.75) is 31.7 Å². The van der Waals surface area contributed by atoms with Crippen LogP contribution >= 0.6 is 8.00 Å². The van der Waals surface area contributed by atoms with Crippen LogP contribution in [-0.2, 0) is 14.4 Å². The second-order valence-electron chi connectivity index (χ2n) is 4.07. The molecule has 114 valence electrons. The first-order valence-electron chi connectivity index (χ1n) is 5.61. The highest BCUT2D eigenvalue weighted by atomic mass is 31.1. The molecule has 20 heavy (non-hydrogen) atoms. The van der Waals surface area contributed by atoms with Gasteiger partial charge in [-0.1, -0.05) is 0 Å². The van der Waals surface area contributed by atoms with E-state index in [0.717, 1.165) is 0 Å². The predicted octanol–water partition coefficient (Wildman–Crippen LogP) is -1.42. The number of hydrogen-bond acceptors (Lipinski definition) is 6. The first kappa shape index (κ1) is 18.5. The fourth-order valence-corrected chi connectivity index (χ4v) is 2.36. The summed E-state index contributed by atoms with van der Waals surface area (Å²) >= 11 is 0. The lowest BCUT2D eigenvalue weighted by atomic mass is 9.95. The third-order valence-corrected chi connectivity index (χ3v) is 3.65. The Balaban J connectivity index is 4.93. The van der Waals surface area contributed by atoms with E-state index in [4.69, 9.17) is 25.9 Å². The fourth-order valence-electron chi connectivity index (χ4n) is 1.53. The smallest absolute Gasteiger partial charge is 0.320 e. The number of carboxylic acid groups (broad SMARTS) is 3. The maximum Gasteiger partial charge on any atom is 0.320 e. The summed E-state index contributed by atoms with van der Waals surface area (Å²) in [5.41, 5.74) is 5.23. The summed E-state index contributed by atoms with van der Waals surface area (Å²) in [4.78, 5) is 52.3. The fraction of sp³-hybridized carbons (Fsp3) is 0.600. The first-order chi connectivity index (χ1) is 9.16. The maximum absolute atomic E-state index is 11.2. The minimum Gasteiger partial charge on any atom is -0.603 e. The SMILES string of the molecule is NC(CCC(C(CCC(=O)O)C(=O)O)=[P+]([O-])O)C(=O)O. The number of carbonyl (C=O) groups is 3. The minimum absolute atomic E-state index is 0.205. The van der Waals surface area contributed by atoms with E-state index in [-0.39, 0.29) is 24.6 Å². The molecule has 9 nitrogen and oxygen atoms in total. The summed E-state index contributed by atoms with van der Waals surface area (Å²) in [5.74, 6) is -5.39. The number of carboxylic acids is 3. The van der Waals surface area contributed by atoms with Gasteiger partial charge in [0.25, 0.3) is 0 Å². The van der Waals surface area contributed by atoms with Gasteiger partial charge in [0.1, 0.15) is 17.3 Å². The number of rotatable bonds is 9. The van der Waals surface area contributed by atoms with Gasteiger partial charge in [-0.05, 0) is 12.8 Å². The predicted molar refractivity (Wildman–Crippen MR) is 67.0 cm³/mol. The molecule has 0 spiro atoms. The van der Waals surface area contributed by atoms with Crippen molar-refractivity contribution in [3.8, 4) is 0 Å². The van der Waals surface area contributed by atoms with Crippen LogP contribution in [0.25, 0.3) is 0 Å². The molecule has 0 aliphatic rings. The Kier molecular flexibility index (Phi) is 7.93. The Morgan fingerprint density at radius 3 is 1.95 bits per heavy atom. The lowest BCUT2D eigenvalue weighted by molar-refractivity contribution is -0.168. The van der Waals surface area contributed by atoms with Crippen molar-refractivity contribution in [2.75, 3.05) is 0 Å². The second-order valence-corrected chi connectivity index (χ2v) is 5.19. The highest BCUT2D eigenvalue weighted by Crippen LogP contribution is 2.23. The minimum atomic E-state index is -2.97. The molecule has 0 radical (unpaired) electrons. The van der Waals surface area contributed by atoms with Crippen molar-refractivity contribution in [1.82, 2.24) is 0 Å².